The van der Waals surface area contributed by atoms with E-state index in [0.717, 1.165) is 23.0 Å². The topological polar surface area (TPSA) is 143 Å². The Labute approximate surface area is 252 Å². The van der Waals surface area contributed by atoms with Crippen molar-refractivity contribution in [3.63, 3.8) is 0 Å². The molecule has 2 aromatic heterocycles. The van der Waals surface area contributed by atoms with Crippen LogP contribution < -0.4 is 16.4 Å². The lowest BCUT2D eigenvalue weighted by atomic mass is 9.88. The number of benzene rings is 1. The van der Waals surface area contributed by atoms with Gasteiger partial charge in [0.2, 0.25) is 0 Å². The highest BCUT2D eigenvalue weighted by Gasteiger charge is 2.39. The first kappa shape index (κ1) is 31.8. The SMILES string of the molecule is Cn1c(-c2cn(CC(F)F)nc2C(F)(F)F)cnc1C(=O)Nc1ccc(C(=O)N2CCN(C(=O)N[C@H]3C[C@@H](N)C3)CC2)c(F)c1. The fourth-order valence-corrected chi connectivity index (χ4v) is 5.21. The molecule has 1 aliphatic heterocycles. The molecule has 3 aromatic rings. The summed E-state index contributed by atoms with van der Waals surface area (Å²) in [6.07, 6.45) is -4.75. The number of anilines is 1. The Bertz CT molecular complexity index is 1590. The summed E-state index contributed by atoms with van der Waals surface area (Å²) in [5, 5.41) is 8.51. The van der Waals surface area contributed by atoms with E-state index < -0.39 is 48.0 Å². The summed E-state index contributed by atoms with van der Waals surface area (Å²) < 4.78 is 82.8. The maximum atomic E-state index is 15.0. The summed E-state index contributed by atoms with van der Waals surface area (Å²) in [5.41, 5.74) is 3.22. The smallest absolute Gasteiger partial charge is 0.335 e. The van der Waals surface area contributed by atoms with E-state index in [4.69, 9.17) is 5.73 Å². The number of nitrogens with zero attached hydrogens (tertiary/aromatic N) is 6. The van der Waals surface area contributed by atoms with Gasteiger partial charge >= 0.3 is 12.2 Å². The van der Waals surface area contributed by atoms with Gasteiger partial charge in [-0.2, -0.15) is 18.3 Å². The summed E-state index contributed by atoms with van der Waals surface area (Å²) in [5.74, 6) is -2.80. The molecular formula is C27H29F6N9O3. The Balaban J connectivity index is 1.23. The summed E-state index contributed by atoms with van der Waals surface area (Å²) in [4.78, 5) is 45.2. The number of halogens is 6. The zero-order valence-corrected chi connectivity index (χ0v) is 23.8. The summed E-state index contributed by atoms with van der Waals surface area (Å²) in [7, 11) is 1.25. The van der Waals surface area contributed by atoms with Gasteiger partial charge in [-0.3, -0.25) is 14.3 Å². The van der Waals surface area contributed by atoms with Crippen LogP contribution in [0.2, 0.25) is 0 Å². The number of carbonyl (C=O) groups is 3. The Hall–Kier alpha value is -4.61. The number of carbonyl (C=O) groups excluding carboxylic acids is 3. The maximum absolute atomic E-state index is 15.0. The molecule has 1 aromatic carbocycles. The fourth-order valence-electron chi connectivity index (χ4n) is 5.21. The first-order valence-electron chi connectivity index (χ1n) is 13.9. The second-order valence-corrected chi connectivity index (χ2v) is 10.8. The molecule has 2 fully saturated rings. The van der Waals surface area contributed by atoms with Crippen LogP contribution in [-0.4, -0.2) is 91.7 Å². The van der Waals surface area contributed by atoms with Gasteiger partial charge in [0.05, 0.1) is 23.0 Å². The highest BCUT2D eigenvalue weighted by Crippen LogP contribution is 2.36. The van der Waals surface area contributed by atoms with Gasteiger partial charge in [0.25, 0.3) is 18.2 Å². The molecule has 12 nitrogen and oxygen atoms in total. The second kappa shape index (κ2) is 12.4. The second-order valence-electron chi connectivity index (χ2n) is 10.8. The van der Waals surface area contributed by atoms with E-state index in [1.165, 1.54) is 24.1 Å². The third-order valence-electron chi connectivity index (χ3n) is 7.64. The van der Waals surface area contributed by atoms with Gasteiger partial charge in [-0.1, -0.05) is 0 Å². The molecule has 1 saturated carbocycles. The first-order valence-corrected chi connectivity index (χ1v) is 13.9. The Kier molecular flexibility index (Phi) is 8.77. The molecule has 0 unspecified atom stereocenters. The summed E-state index contributed by atoms with van der Waals surface area (Å²) in [6.45, 7) is -0.174. The zero-order chi connectivity index (χ0) is 32.6. The number of hydrogen-bond acceptors (Lipinski definition) is 6. The van der Waals surface area contributed by atoms with Crippen molar-refractivity contribution < 1.29 is 40.7 Å². The van der Waals surface area contributed by atoms with Crippen molar-refractivity contribution in [1.29, 1.82) is 0 Å². The van der Waals surface area contributed by atoms with Crippen LogP contribution in [0.4, 0.5) is 36.8 Å². The largest absolute Gasteiger partial charge is 0.435 e. The third-order valence-corrected chi connectivity index (χ3v) is 7.64. The minimum absolute atomic E-state index is 0.0344. The van der Waals surface area contributed by atoms with Gasteiger partial charge in [0.1, 0.15) is 12.4 Å². The molecule has 2 aliphatic rings. The van der Waals surface area contributed by atoms with Crippen LogP contribution in [0.15, 0.2) is 30.6 Å². The van der Waals surface area contributed by atoms with Crippen LogP contribution in [0.25, 0.3) is 11.3 Å². The van der Waals surface area contributed by atoms with E-state index in [1.807, 2.05) is 0 Å². The summed E-state index contributed by atoms with van der Waals surface area (Å²) >= 11 is 0. The van der Waals surface area contributed by atoms with Crippen LogP contribution >= 0.6 is 0 Å². The van der Waals surface area contributed by atoms with Gasteiger partial charge in [0, 0.05) is 57.2 Å². The lowest BCUT2D eigenvalue weighted by Crippen LogP contribution is -2.57. The number of piperazine rings is 1. The van der Waals surface area contributed by atoms with Gasteiger partial charge in [-0.25, -0.2) is 22.9 Å². The zero-order valence-electron chi connectivity index (χ0n) is 23.8. The standard InChI is InChI=1S/C27H29F6N9O3/c1-39-20(18-12-42(13-21(29)30)38-22(18)27(31,32)33)11-35-23(39)24(43)36-15-2-3-17(19(28)10-15)25(44)40-4-6-41(7-5-40)26(45)37-16-8-14(34)9-16/h2-3,10-12,14,16,21H,4-9,13,34H2,1H3,(H,36,43)(H,37,45)/t14-,16+. The van der Waals surface area contributed by atoms with E-state index in [9.17, 15) is 36.3 Å². The first-order chi connectivity index (χ1) is 21.2. The molecule has 18 heteroatoms. The molecule has 0 radical (unpaired) electrons. The number of nitrogens with two attached hydrogens (primary N) is 1. The molecule has 0 bridgehead atoms. The van der Waals surface area contributed by atoms with Crippen molar-refractivity contribution in [2.24, 2.45) is 12.8 Å². The average Bonchev–Trinajstić information content (AvgIpc) is 3.54. The Morgan fingerprint density at radius 1 is 1.09 bits per heavy atom. The number of alkyl halides is 5. The third kappa shape index (κ3) is 6.89. The van der Waals surface area contributed by atoms with Crippen molar-refractivity contribution in [3.8, 4) is 11.3 Å². The number of hydrogen-bond donors (Lipinski definition) is 3. The minimum atomic E-state index is -4.97. The minimum Gasteiger partial charge on any atom is -0.335 e. The highest BCUT2D eigenvalue weighted by atomic mass is 19.4. The fraction of sp³-hybridized carbons (Fsp3) is 0.444. The van der Waals surface area contributed by atoms with Crippen LogP contribution in [-0.2, 0) is 19.8 Å². The van der Waals surface area contributed by atoms with Crippen LogP contribution in [0.5, 0.6) is 0 Å². The normalized spacial score (nSPS) is 18.6. The number of nitrogens with one attached hydrogen (secondary N) is 2. The number of amides is 4. The lowest BCUT2D eigenvalue weighted by Gasteiger charge is -2.38. The van der Waals surface area contributed by atoms with Crippen LogP contribution in [0, 0.1) is 5.82 Å². The molecule has 1 saturated heterocycles. The van der Waals surface area contributed by atoms with Gasteiger partial charge in [-0.05, 0) is 31.0 Å². The van der Waals surface area contributed by atoms with Crippen molar-refractivity contribution >= 4 is 23.5 Å². The van der Waals surface area contributed by atoms with Gasteiger partial charge in [0.15, 0.2) is 11.5 Å². The molecule has 242 valence electrons. The van der Waals surface area contributed by atoms with E-state index in [-0.39, 0.29) is 67.1 Å². The van der Waals surface area contributed by atoms with Gasteiger partial charge in [-0.15, -0.1) is 0 Å². The van der Waals surface area contributed by atoms with E-state index in [0.29, 0.717) is 17.5 Å². The van der Waals surface area contributed by atoms with E-state index in [2.05, 4.69) is 20.7 Å². The van der Waals surface area contributed by atoms with E-state index >= 15 is 4.39 Å². The molecule has 3 heterocycles. The van der Waals surface area contributed by atoms with Gasteiger partial charge < -0.3 is 30.7 Å². The van der Waals surface area contributed by atoms with Crippen LogP contribution in [0.3, 0.4) is 0 Å². The highest BCUT2D eigenvalue weighted by molar-refractivity contribution is 6.03. The molecule has 5 rings (SSSR count). The quantitative estimate of drug-likeness (QED) is 0.339. The Morgan fingerprint density at radius 2 is 1.76 bits per heavy atom. The molecule has 4 amide bonds. The number of imidazole rings is 1. The number of aromatic nitrogens is 4. The maximum Gasteiger partial charge on any atom is 0.435 e. The number of rotatable bonds is 7. The van der Waals surface area contributed by atoms with Crippen molar-refractivity contribution in [2.75, 3.05) is 31.5 Å². The average molecular weight is 642 g/mol. The molecule has 4 N–H and O–H groups in total. The predicted octanol–water partition coefficient (Wildman–Crippen LogP) is 2.92. The molecule has 0 spiro atoms. The monoisotopic (exact) mass is 641 g/mol. The Morgan fingerprint density at radius 3 is 2.36 bits per heavy atom. The lowest BCUT2D eigenvalue weighted by molar-refractivity contribution is -0.141. The number of urea groups is 1. The molecule has 1 aliphatic carbocycles. The predicted molar refractivity (Wildman–Crippen MR) is 147 cm³/mol. The molecule has 45 heavy (non-hydrogen) atoms. The summed E-state index contributed by atoms with van der Waals surface area (Å²) in [6, 6.07) is 3.25. The van der Waals surface area contributed by atoms with Crippen LogP contribution in [0.1, 0.15) is 39.5 Å². The van der Waals surface area contributed by atoms with Crippen molar-refractivity contribution in [3.05, 3.63) is 53.5 Å². The van der Waals surface area contributed by atoms with E-state index in [1.54, 1.807) is 4.90 Å². The molecule has 0 atom stereocenters. The van der Waals surface area contributed by atoms with Crippen molar-refractivity contribution in [1.82, 2.24) is 34.4 Å². The molecular weight excluding hydrogens is 612 g/mol. The van der Waals surface area contributed by atoms with Crippen molar-refractivity contribution in [2.45, 2.75) is 44.1 Å².